The molecule has 0 N–H and O–H groups in total. The first-order chi connectivity index (χ1) is 14.5. The van der Waals surface area contributed by atoms with Crippen molar-refractivity contribution in [3.63, 3.8) is 0 Å². The van der Waals surface area contributed by atoms with Crippen LogP contribution in [0.3, 0.4) is 0 Å². The Labute approximate surface area is 179 Å². The number of hydrogen-bond acceptors (Lipinski definition) is 5. The predicted molar refractivity (Wildman–Crippen MR) is 115 cm³/mol. The van der Waals surface area contributed by atoms with E-state index in [0.717, 1.165) is 16.3 Å². The second-order valence-electron chi connectivity index (χ2n) is 6.98. The van der Waals surface area contributed by atoms with Gasteiger partial charge < -0.3 is 14.2 Å². The van der Waals surface area contributed by atoms with Crippen LogP contribution in [0.2, 0.25) is 5.02 Å². The number of ether oxygens (including phenoxy) is 1. The highest BCUT2D eigenvalue weighted by Crippen LogP contribution is 2.22. The van der Waals surface area contributed by atoms with Crippen molar-refractivity contribution in [2.45, 2.75) is 19.6 Å². The highest BCUT2D eigenvalue weighted by molar-refractivity contribution is 6.30. The van der Waals surface area contributed by atoms with Crippen LogP contribution in [-0.4, -0.2) is 34.1 Å². The molecule has 0 saturated heterocycles. The van der Waals surface area contributed by atoms with Crippen LogP contribution in [0.15, 0.2) is 71.3 Å². The van der Waals surface area contributed by atoms with E-state index in [1.165, 1.54) is 4.90 Å². The number of likely N-dealkylation sites (N-methyl/N-ethyl adjacent to an activating group) is 1. The van der Waals surface area contributed by atoms with Gasteiger partial charge in [-0.1, -0.05) is 47.1 Å². The van der Waals surface area contributed by atoms with Crippen LogP contribution >= 0.6 is 11.6 Å². The largest absolute Gasteiger partial charge is 0.481 e. The highest BCUT2D eigenvalue weighted by atomic mass is 35.5. The Kier molecular flexibility index (Phi) is 5.68. The van der Waals surface area contributed by atoms with Crippen molar-refractivity contribution < 1.29 is 14.1 Å². The maximum atomic E-state index is 12.7. The van der Waals surface area contributed by atoms with Crippen molar-refractivity contribution in [2.24, 2.45) is 0 Å². The standard InChI is InChI=1S/C23H20ClN3O3/c1-15(29-20-12-9-16-5-3-4-6-18(16)13-20)23(28)27(2)14-21-25-22(26-30-21)17-7-10-19(24)11-8-17/h3-13,15H,14H2,1-2H3/t15-/m1/s1. The Balaban J connectivity index is 1.39. The molecule has 6 nitrogen and oxygen atoms in total. The number of benzene rings is 3. The van der Waals surface area contributed by atoms with E-state index in [0.29, 0.717) is 22.5 Å². The van der Waals surface area contributed by atoms with Crippen LogP contribution in [0.4, 0.5) is 0 Å². The molecule has 0 unspecified atom stereocenters. The number of aromatic nitrogens is 2. The van der Waals surface area contributed by atoms with Crippen LogP contribution in [0, 0.1) is 0 Å². The summed E-state index contributed by atoms with van der Waals surface area (Å²) in [7, 11) is 1.68. The summed E-state index contributed by atoms with van der Waals surface area (Å²) in [6, 6.07) is 20.9. The lowest BCUT2D eigenvalue weighted by molar-refractivity contribution is -0.137. The van der Waals surface area contributed by atoms with Gasteiger partial charge in [-0.25, -0.2) is 0 Å². The SMILES string of the molecule is C[C@@H](Oc1ccc2ccccc2c1)C(=O)N(C)Cc1nc(-c2ccc(Cl)cc2)no1. The van der Waals surface area contributed by atoms with E-state index in [4.69, 9.17) is 20.9 Å². The van der Waals surface area contributed by atoms with Gasteiger partial charge >= 0.3 is 0 Å². The highest BCUT2D eigenvalue weighted by Gasteiger charge is 2.21. The van der Waals surface area contributed by atoms with Crippen LogP contribution in [0.1, 0.15) is 12.8 Å². The summed E-state index contributed by atoms with van der Waals surface area (Å²) >= 11 is 5.90. The normalized spacial score (nSPS) is 12.0. The first-order valence-corrected chi connectivity index (χ1v) is 9.86. The van der Waals surface area contributed by atoms with Gasteiger partial charge in [0.15, 0.2) is 6.10 Å². The maximum absolute atomic E-state index is 12.7. The number of amides is 1. The van der Waals surface area contributed by atoms with E-state index >= 15 is 0 Å². The minimum absolute atomic E-state index is 0.185. The smallest absolute Gasteiger partial charge is 0.263 e. The molecule has 0 radical (unpaired) electrons. The van der Waals surface area contributed by atoms with Gasteiger partial charge in [0.25, 0.3) is 5.91 Å². The first-order valence-electron chi connectivity index (χ1n) is 9.48. The molecule has 0 aliphatic rings. The van der Waals surface area contributed by atoms with Gasteiger partial charge in [-0.3, -0.25) is 4.79 Å². The molecular weight excluding hydrogens is 402 g/mol. The summed E-state index contributed by atoms with van der Waals surface area (Å²) in [5.41, 5.74) is 0.788. The van der Waals surface area contributed by atoms with Crippen molar-refractivity contribution in [1.29, 1.82) is 0 Å². The Hall–Kier alpha value is -3.38. The van der Waals surface area contributed by atoms with Crippen molar-refractivity contribution in [3.8, 4) is 17.1 Å². The number of nitrogens with zero attached hydrogens (tertiary/aromatic N) is 3. The average molecular weight is 422 g/mol. The molecule has 0 fully saturated rings. The van der Waals surface area contributed by atoms with Gasteiger partial charge in [-0.05, 0) is 54.1 Å². The van der Waals surface area contributed by atoms with E-state index in [9.17, 15) is 4.79 Å². The zero-order chi connectivity index (χ0) is 21.1. The minimum atomic E-state index is -0.658. The number of halogens is 1. The molecule has 4 rings (SSSR count). The number of fused-ring (bicyclic) bond motifs is 1. The van der Waals surface area contributed by atoms with E-state index in [1.807, 2.05) is 54.6 Å². The van der Waals surface area contributed by atoms with Gasteiger partial charge in [0, 0.05) is 17.6 Å². The maximum Gasteiger partial charge on any atom is 0.263 e. The van der Waals surface area contributed by atoms with Gasteiger partial charge in [0.2, 0.25) is 11.7 Å². The van der Waals surface area contributed by atoms with Crippen LogP contribution in [0.5, 0.6) is 5.75 Å². The lowest BCUT2D eigenvalue weighted by Gasteiger charge is -2.21. The van der Waals surface area contributed by atoms with Crippen molar-refractivity contribution in [2.75, 3.05) is 7.05 Å². The molecule has 0 saturated carbocycles. The lowest BCUT2D eigenvalue weighted by Crippen LogP contribution is -2.37. The number of carbonyl (C=O) groups excluding carboxylic acids is 1. The molecule has 1 amide bonds. The van der Waals surface area contributed by atoms with E-state index in [-0.39, 0.29) is 12.5 Å². The van der Waals surface area contributed by atoms with Gasteiger partial charge in [0.05, 0.1) is 6.54 Å². The van der Waals surface area contributed by atoms with E-state index < -0.39 is 6.10 Å². The minimum Gasteiger partial charge on any atom is -0.481 e. The van der Waals surface area contributed by atoms with Gasteiger partial charge in [-0.15, -0.1) is 0 Å². The van der Waals surface area contributed by atoms with Gasteiger partial charge in [-0.2, -0.15) is 4.98 Å². The average Bonchev–Trinajstić information content (AvgIpc) is 3.22. The summed E-state index contributed by atoms with van der Waals surface area (Å²) < 4.78 is 11.1. The summed E-state index contributed by atoms with van der Waals surface area (Å²) in [4.78, 5) is 18.6. The van der Waals surface area contributed by atoms with Crippen LogP contribution in [0.25, 0.3) is 22.2 Å². The molecule has 30 heavy (non-hydrogen) atoms. The van der Waals surface area contributed by atoms with Crippen molar-refractivity contribution in [1.82, 2.24) is 15.0 Å². The third-order valence-corrected chi connectivity index (χ3v) is 4.95. The van der Waals surface area contributed by atoms with Crippen molar-refractivity contribution >= 4 is 28.3 Å². The molecule has 7 heteroatoms. The zero-order valence-corrected chi connectivity index (χ0v) is 17.3. The Morgan fingerprint density at radius 2 is 1.83 bits per heavy atom. The second kappa shape index (κ2) is 8.55. The number of carbonyl (C=O) groups is 1. The first kappa shape index (κ1) is 19.9. The summed E-state index contributed by atoms with van der Waals surface area (Å²) in [5.74, 6) is 1.25. The Bertz CT molecular complexity index is 1170. The third-order valence-electron chi connectivity index (χ3n) is 4.70. The number of hydrogen-bond donors (Lipinski definition) is 0. The van der Waals surface area contributed by atoms with E-state index in [2.05, 4.69) is 10.1 Å². The van der Waals surface area contributed by atoms with Gasteiger partial charge in [0.1, 0.15) is 5.75 Å². The fourth-order valence-electron chi connectivity index (χ4n) is 3.12. The topological polar surface area (TPSA) is 68.5 Å². The molecule has 1 aromatic heterocycles. The van der Waals surface area contributed by atoms with E-state index in [1.54, 1.807) is 26.1 Å². The summed E-state index contributed by atoms with van der Waals surface area (Å²) in [6.45, 7) is 1.91. The van der Waals surface area contributed by atoms with Crippen LogP contribution in [-0.2, 0) is 11.3 Å². The molecule has 0 aliphatic heterocycles. The Morgan fingerprint density at radius 3 is 2.60 bits per heavy atom. The molecule has 4 aromatic rings. The molecular formula is C23H20ClN3O3. The molecule has 1 atom stereocenters. The van der Waals surface area contributed by atoms with Crippen LogP contribution < -0.4 is 4.74 Å². The summed E-state index contributed by atoms with van der Waals surface area (Å²) in [5, 5.41) is 6.78. The monoisotopic (exact) mass is 421 g/mol. The molecule has 152 valence electrons. The molecule has 1 heterocycles. The van der Waals surface area contributed by atoms with Crippen molar-refractivity contribution in [3.05, 3.63) is 77.6 Å². The zero-order valence-electron chi connectivity index (χ0n) is 16.6. The number of rotatable bonds is 6. The predicted octanol–water partition coefficient (Wildman–Crippen LogP) is 4.97. The molecule has 0 spiro atoms. The molecule has 0 bridgehead atoms. The summed E-state index contributed by atoms with van der Waals surface area (Å²) in [6.07, 6.45) is -0.658. The molecule has 3 aromatic carbocycles. The third kappa shape index (κ3) is 4.44. The quantitative estimate of drug-likeness (QED) is 0.439. The molecule has 0 aliphatic carbocycles. The fraction of sp³-hybridized carbons (Fsp3) is 0.174. The lowest BCUT2D eigenvalue weighted by atomic mass is 10.1. The second-order valence-corrected chi connectivity index (χ2v) is 7.42. The Morgan fingerprint density at radius 1 is 1.10 bits per heavy atom. The fourth-order valence-corrected chi connectivity index (χ4v) is 3.25.